The summed E-state index contributed by atoms with van der Waals surface area (Å²) in [5.74, 6) is 1.68. The van der Waals surface area contributed by atoms with Gasteiger partial charge in [0, 0.05) is 37.3 Å². The summed E-state index contributed by atoms with van der Waals surface area (Å²) >= 11 is 0. The number of nitrogens with zero attached hydrogens (tertiary/aromatic N) is 4. The standard InChI is InChI=1S/C21H25N5/c1-15-12-16(2)14-17(13-15)22-21-23-19-7-5-4-6-18(19)20(24-21)26-10-8-25(3)9-11-26/h4-7,12-14H,8-11H2,1-3H3,(H,22,23,24). The van der Waals surface area contributed by atoms with Gasteiger partial charge in [-0.25, -0.2) is 4.98 Å². The van der Waals surface area contributed by atoms with Gasteiger partial charge in [0.2, 0.25) is 5.95 Å². The molecular formula is C21H25N5. The Kier molecular flexibility index (Phi) is 4.47. The molecule has 0 atom stereocenters. The molecule has 1 saturated heterocycles. The summed E-state index contributed by atoms with van der Waals surface area (Å²) in [4.78, 5) is 14.4. The number of hydrogen-bond donors (Lipinski definition) is 1. The van der Waals surface area contributed by atoms with Crippen molar-refractivity contribution in [3.8, 4) is 0 Å². The van der Waals surface area contributed by atoms with Gasteiger partial charge in [-0.1, -0.05) is 18.2 Å². The van der Waals surface area contributed by atoms with E-state index in [1.165, 1.54) is 11.1 Å². The van der Waals surface area contributed by atoms with Crippen LogP contribution in [0.15, 0.2) is 42.5 Å². The van der Waals surface area contributed by atoms with E-state index in [1.807, 2.05) is 6.07 Å². The lowest BCUT2D eigenvalue weighted by Gasteiger charge is -2.33. The minimum atomic E-state index is 0.655. The van der Waals surface area contributed by atoms with Crippen molar-refractivity contribution in [3.05, 3.63) is 53.6 Å². The van der Waals surface area contributed by atoms with Gasteiger partial charge in [0.25, 0.3) is 0 Å². The van der Waals surface area contributed by atoms with Crippen molar-refractivity contribution in [2.75, 3.05) is 43.4 Å². The lowest BCUT2D eigenvalue weighted by atomic mass is 10.1. The van der Waals surface area contributed by atoms with Gasteiger partial charge in [0.1, 0.15) is 5.82 Å². The Morgan fingerprint density at radius 2 is 1.58 bits per heavy atom. The molecule has 2 aromatic carbocycles. The predicted octanol–water partition coefficient (Wildman–Crippen LogP) is 3.74. The molecule has 1 aromatic heterocycles. The van der Waals surface area contributed by atoms with Gasteiger partial charge >= 0.3 is 0 Å². The summed E-state index contributed by atoms with van der Waals surface area (Å²) in [7, 11) is 2.17. The lowest BCUT2D eigenvalue weighted by molar-refractivity contribution is 0.312. The summed E-state index contributed by atoms with van der Waals surface area (Å²) in [6.45, 7) is 8.29. The van der Waals surface area contributed by atoms with Crippen LogP contribution in [0.5, 0.6) is 0 Å². The van der Waals surface area contributed by atoms with E-state index in [9.17, 15) is 0 Å². The molecule has 0 spiro atoms. The lowest BCUT2D eigenvalue weighted by Crippen LogP contribution is -2.45. The van der Waals surface area contributed by atoms with Gasteiger partial charge in [-0.15, -0.1) is 0 Å². The Morgan fingerprint density at radius 3 is 2.31 bits per heavy atom. The smallest absolute Gasteiger partial charge is 0.229 e. The zero-order chi connectivity index (χ0) is 18.1. The zero-order valence-electron chi connectivity index (χ0n) is 15.7. The monoisotopic (exact) mass is 347 g/mol. The molecule has 5 nitrogen and oxygen atoms in total. The minimum absolute atomic E-state index is 0.655. The highest BCUT2D eigenvalue weighted by atomic mass is 15.3. The quantitative estimate of drug-likeness (QED) is 0.782. The van der Waals surface area contributed by atoms with Crippen LogP contribution in [0.3, 0.4) is 0 Å². The number of para-hydroxylation sites is 1. The third-order valence-corrected chi connectivity index (χ3v) is 4.86. The molecule has 1 aliphatic heterocycles. The van der Waals surface area contributed by atoms with Crippen molar-refractivity contribution in [2.45, 2.75) is 13.8 Å². The Morgan fingerprint density at radius 1 is 0.885 bits per heavy atom. The maximum absolute atomic E-state index is 4.89. The van der Waals surface area contributed by atoms with Crippen LogP contribution >= 0.6 is 0 Å². The average molecular weight is 347 g/mol. The highest BCUT2D eigenvalue weighted by molar-refractivity contribution is 5.90. The van der Waals surface area contributed by atoms with Crippen LogP contribution in [0.1, 0.15) is 11.1 Å². The summed E-state index contributed by atoms with van der Waals surface area (Å²) in [6, 6.07) is 14.7. The molecule has 134 valence electrons. The van der Waals surface area contributed by atoms with Crippen LogP contribution in [0.2, 0.25) is 0 Å². The van der Waals surface area contributed by atoms with Crippen molar-refractivity contribution < 1.29 is 0 Å². The van der Waals surface area contributed by atoms with Gasteiger partial charge in [-0.2, -0.15) is 4.98 Å². The minimum Gasteiger partial charge on any atom is -0.353 e. The third kappa shape index (κ3) is 3.48. The summed E-state index contributed by atoms with van der Waals surface area (Å²) in [6.07, 6.45) is 0. The highest BCUT2D eigenvalue weighted by Gasteiger charge is 2.19. The number of piperazine rings is 1. The number of rotatable bonds is 3. The van der Waals surface area contributed by atoms with Gasteiger partial charge in [-0.3, -0.25) is 0 Å². The average Bonchev–Trinajstić information content (AvgIpc) is 2.61. The van der Waals surface area contributed by atoms with Gasteiger partial charge in [0.15, 0.2) is 0 Å². The molecule has 0 saturated carbocycles. The van der Waals surface area contributed by atoms with E-state index >= 15 is 0 Å². The van der Waals surface area contributed by atoms with Gasteiger partial charge in [0.05, 0.1) is 5.52 Å². The van der Waals surface area contributed by atoms with Crippen LogP contribution in [0.25, 0.3) is 10.9 Å². The fourth-order valence-corrected chi connectivity index (χ4v) is 3.55. The molecule has 0 unspecified atom stereocenters. The number of likely N-dealkylation sites (N-methyl/N-ethyl adjacent to an activating group) is 1. The molecule has 3 aromatic rings. The fourth-order valence-electron chi connectivity index (χ4n) is 3.55. The largest absolute Gasteiger partial charge is 0.353 e. The van der Waals surface area contributed by atoms with Crippen molar-refractivity contribution in [3.63, 3.8) is 0 Å². The Balaban J connectivity index is 1.73. The number of nitrogens with one attached hydrogen (secondary N) is 1. The number of anilines is 3. The topological polar surface area (TPSA) is 44.3 Å². The Hall–Kier alpha value is -2.66. The van der Waals surface area contributed by atoms with E-state index < -0.39 is 0 Å². The van der Waals surface area contributed by atoms with Crippen LogP contribution in [-0.2, 0) is 0 Å². The maximum Gasteiger partial charge on any atom is 0.229 e. The van der Waals surface area contributed by atoms with Crippen LogP contribution in [0, 0.1) is 13.8 Å². The molecule has 4 rings (SSSR count). The molecule has 0 radical (unpaired) electrons. The first-order chi connectivity index (χ1) is 12.6. The number of benzene rings is 2. The van der Waals surface area contributed by atoms with Crippen molar-refractivity contribution in [1.29, 1.82) is 0 Å². The maximum atomic E-state index is 4.89. The second-order valence-electron chi connectivity index (χ2n) is 7.18. The molecule has 26 heavy (non-hydrogen) atoms. The number of hydrogen-bond acceptors (Lipinski definition) is 5. The first-order valence-electron chi connectivity index (χ1n) is 9.14. The Labute approximate surface area is 154 Å². The van der Waals surface area contributed by atoms with Crippen LogP contribution in [0.4, 0.5) is 17.5 Å². The van der Waals surface area contributed by atoms with E-state index in [-0.39, 0.29) is 0 Å². The highest BCUT2D eigenvalue weighted by Crippen LogP contribution is 2.27. The van der Waals surface area contributed by atoms with E-state index in [0.717, 1.165) is 48.6 Å². The third-order valence-electron chi connectivity index (χ3n) is 4.86. The normalized spacial score (nSPS) is 15.4. The molecule has 1 fully saturated rings. The first-order valence-corrected chi connectivity index (χ1v) is 9.14. The molecule has 1 aliphatic rings. The predicted molar refractivity (Wildman–Crippen MR) is 108 cm³/mol. The van der Waals surface area contributed by atoms with E-state index in [2.05, 4.69) is 72.4 Å². The first kappa shape index (κ1) is 16.8. The molecule has 5 heteroatoms. The second kappa shape index (κ2) is 6.92. The number of aryl methyl sites for hydroxylation is 2. The van der Waals surface area contributed by atoms with Gasteiger partial charge < -0.3 is 15.1 Å². The van der Waals surface area contributed by atoms with Crippen LogP contribution < -0.4 is 10.2 Å². The molecule has 0 aliphatic carbocycles. The Bertz CT molecular complexity index is 909. The summed E-state index contributed by atoms with van der Waals surface area (Å²) in [5, 5.41) is 4.52. The summed E-state index contributed by atoms with van der Waals surface area (Å²) < 4.78 is 0. The van der Waals surface area contributed by atoms with Crippen molar-refractivity contribution >= 4 is 28.4 Å². The number of fused-ring (bicyclic) bond motifs is 1. The fraction of sp³-hybridized carbons (Fsp3) is 0.333. The second-order valence-corrected chi connectivity index (χ2v) is 7.18. The summed E-state index contributed by atoms with van der Waals surface area (Å²) in [5.41, 5.74) is 4.46. The molecular weight excluding hydrogens is 322 g/mol. The zero-order valence-corrected chi connectivity index (χ0v) is 15.7. The van der Waals surface area contributed by atoms with Crippen molar-refractivity contribution in [1.82, 2.24) is 14.9 Å². The van der Waals surface area contributed by atoms with E-state index in [1.54, 1.807) is 0 Å². The van der Waals surface area contributed by atoms with Crippen LogP contribution in [-0.4, -0.2) is 48.1 Å². The molecule has 0 amide bonds. The molecule has 0 bridgehead atoms. The van der Waals surface area contributed by atoms with Gasteiger partial charge in [-0.05, 0) is 56.3 Å². The number of aromatic nitrogens is 2. The SMILES string of the molecule is Cc1cc(C)cc(Nc2nc(N3CCN(C)CC3)c3ccccc3n2)c1. The molecule has 1 N–H and O–H groups in total. The van der Waals surface area contributed by atoms with Crippen molar-refractivity contribution in [2.24, 2.45) is 0 Å². The van der Waals surface area contributed by atoms with E-state index in [0.29, 0.717) is 5.95 Å². The van der Waals surface area contributed by atoms with E-state index in [4.69, 9.17) is 9.97 Å². The molecule has 2 heterocycles.